The Hall–Kier alpha value is -1.65. The largest absolute Gasteiger partial charge is 0.378 e. The fraction of sp³-hybridized carbons (Fsp3) is 0.429. The first-order chi connectivity index (χ1) is 11.2. The van der Waals surface area contributed by atoms with Crippen molar-refractivity contribution in [2.24, 2.45) is 11.7 Å². The number of amides is 1. The topological polar surface area (TPSA) is 110 Å². The number of sulfonamides is 1. The van der Waals surface area contributed by atoms with Gasteiger partial charge >= 0.3 is 0 Å². The lowest BCUT2D eigenvalue weighted by atomic mass is 10.1. The second-order valence-electron chi connectivity index (χ2n) is 6.09. The number of aromatic nitrogens is 2. The quantitative estimate of drug-likeness (QED) is 0.769. The third kappa shape index (κ3) is 3.13. The first-order valence-corrected chi connectivity index (χ1v) is 9.99. The molecule has 0 aliphatic carbocycles. The van der Waals surface area contributed by atoms with Crippen LogP contribution in [0.4, 0.5) is 5.69 Å². The molecule has 8 nitrogen and oxygen atoms in total. The predicted octanol–water partition coefficient (Wildman–Crippen LogP) is 0.888. The highest BCUT2D eigenvalue weighted by atomic mass is 79.9. The average Bonchev–Trinajstić information content (AvgIpc) is 3.01. The van der Waals surface area contributed by atoms with Gasteiger partial charge in [0.25, 0.3) is 5.91 Å². The molecule has 0 unspecified atom stereocenters. The van der Waals surface area contributed by atoms with E-state index in [-0.39, 0.29) is 17.5 Å². The number of halogens is 1. The van der Waals surface area contributed by atoms with Gasteiger partial charge in [-0.25, -0.2) is 12.9 Å². The normalized spacial score (nSPS) is 22.1. The van der Waals surface area contributed by atoms with Gasteiger partial charge in [0, 0.05) is 29.8 Å². The van der Waals surface area contributed by atoms with Crippen molar-refractivity contribution in [3.63, 3.8) is 0 Å². The monoisotopic (exact) mass is 415 g/mol. The molecule has 0 saturated carbocycles. The maximum atomic E-state index is 11.8. The van der Waals surface area contributed by atoms with E-state index in [1.807, 2.05) is 13.0 Å². The highest BCUT2D eigenvalue weighted by Crippen LogP contribution is 2.29. The van der Waals surface area contributed by atoms with Crippen LogP contribution in [0.3, 0.4) is 0 Å². The van der Waals surface area contributed by atoms with E-state index in [2.05, 4.69) is 26.3 Å². The summed E-state index contributed by atoms with van der Waals surface area (Å²) < 4.78 is 27.4. The molecular weight excluding hydrogens is 398 g/mol. The highest BCUT2D eigenvalue weighted by molar-refractivity contribution is 9.10. The Kier molecular flexibility index (Phi) is 4.30. The number of nitrogens with one attached hydrogen (secondary N) is 1. The van der Waals surface area contributed by atoms with Gasteiger partial charge in [0.05, 0.1) is 29.2 Å². The second-order valence-corrected chi connectivity index (χ2v) is 8.99. The molecule has 3 rings (SSSR count). The predicted molar refractivity (Wildman–Crippen MR) is 94.4 cm³/mol. The molecule has 2 atom stereocenters. The summed E-state index contributed by atoms with van der Waals surface area (Å²) in [6, 6.07) is 1.70. The molecule has 0 aromatic carbocycles. The van der Waals surface area contributed by atoms with Gasteiger partial charge in [-0.1, -0.05) is 6.92 Å². The minimum Gasteiger partial charge on any atom is -0.378 e. The van der Waals surface area contributed by atoms with Gasteiger partial charge < -0.3 is 11.1 Å². The van der Waals surface area contributed by atoms with Crippen molar-refractivity contribution >= 4 is 43.1 Å². The van der Waals surface area contributed by atoms with Crippen molar-refractivity contribution in [1.82, 2.24) is 13.9 Å². The second kappa shape index (κ2) is 6.01. The van der Waals surface area contributed by atoms with Crippen LogP contribution in [0.15, 0.2) is 22.9 Å². The molecule has 2 aromatic heterocycles. The fourth-order valence-electron chi connectivity index (χ4n) is 2.93. The number of nitrogens with zero attached hydrogens (tertiary/aromatic N) is 3. The number of fused-ring (bicyclic) bond motifs is 1. The van der Waals surface area contributed by atoms with Crippen LogP contribution in [-0.4, -0.2) is 53.6 Å². The molecule has 10 heteroatoms. The van der Waals surface area contributed by atoms with Gasteiger partial charge in [-0.15, -0.1) is 0 Å². The first kappa shape index (κ1) is 17.2. The molecule has 1 saturated heterocycles. The van der Waals surface area contributed by atoms with E-state index in [9.17, 15) is 13.2 Å². The number of anilines is 1. The molecule has 1 amide bonds. The van der Waals surface area contributed by atoms with Crippen LogP contribution in [-0.2, 0) is 10.0 Å². The van der Waals surface area contributed by atoms with Crippen molar-refractivity contribution in [3.8, 4) is 0 Å². The van der Waals surface area contributed by atoms with Crippen LogP contribution in [0.2, 0.25) is 0 Å². The molecule has 3 N–H and O–H groups in total. The van der Waals surface area contributed by atoms with Crippen LogP contribution < -0.4 is 11.1 Å². The third-order valence-corrected chi connectivity index (χ3v) is 5.92. The maximum absolute atomic E-state index is 11.8. The van der Waals surface area contributed by atoms with Crippen molar-refractivity contribution in [3.05, 3.63) is 28.5 Å². The van der Waals surface area contributed by atoms with Crippen molar-refractivity contribution < 1.29 is 13.2 Å². The highest BCUT2D eigenvalue weighted by Gasteiger charge is 2.35. The molecule has 130 valence electrons. The number of hydrogen-bond acceptors (Lipinski definition) is 5. The number of carbonyl (C=O) groups is 1. The van der Waals surface area contributed by atoms with E-state index in [1.54, 1.807) is 10.7 Å². The maximum Gasteiger partial charge on any atom is 0.252 e. The van der Waals surface area contributed by atoms with E-state index in [0.717, 1.165) is 4.47 Å². The smallest absolute Gasteiger partial charge is 0.252 e. The molecule has 0 bridgehead atoms. The number of nitrogens with two attached hydrogens (primary N) is 1. The Morgan fingerprint density at radius 3 is 2.75 bits per heavy atom. The molecular formula is C14H18BrN5O3S. The zero-order chi connectivity index (χ0) is 17.6. The summed E-state index contributed by atoms with van der Waals surface area (Å²) in [6.07, 6.45) is 4.38. The van der Waals surface area contributed by atoms with E-state index >= 15 is 0 Å². The summed E-state index contributed by atoms with van der Waals surface area (Å²) in [7, 11) is -3.25. The van der Waals surface area contributed by atoms with Crippen molar-refractivity contribution in [1.29, 1.82) is 0 Å². The fourth-order valence-corrected chi connectivity index (χ4v) is 4.28. The minimum absolute atomic E-state index is 0.0899. The Balaban J connectivity index is 2.00. The summed E-state index contributed by atoms with van der Waals surface area (Å²) in [4.78, 5) is 11.8. The van der Waals surface area contributed by atoms with Crippen LogP contribution >= 0.6 is 15.9 Å². The summed E-state index contributed by atoms with van der Waals surface area (Å²) in [5, 5.41) is 7.48. The van der Waals surface area contributed by atoms with Gasteiger partial charge in [-0.3, -0.25) is 4.79 Å². The van der Waals surface area contributed by atoms with Gasteiger partial charge in [0.1, 0.15) is 0 Å². The Morgan fingerprint density at radius 2 is 2.17 bits per heavy atom. The Bertz CT molecular complexity index is 911. The van der Waals surface area contributed by atoms with Gasteiger partial charge in [0.15, 0.2) is 0 Å². The summed E-state index contributed by atoms with van der Waals surface area (Å²) in [5.41, 5.74) is 7.01. The lowest BCUT2D eigenvalue weighted by Gasteiger charge is -2.20. The summed E-state index contributed by atoms with van der Waals surface area (Å²) >= 11 is 3.39. The lowest BCUT2D eigenvalue weighted by Crippen LogP contribution is -2.32. The first-order valence-electron chi connectivity index (χ1n) is 7.35. The lowest BCUT2D eigenvalue weighted by molar-refractivity contribution is 0.100. The van der Waals surface area contributed by atoms with Gasteiger partial charge in [-0.2, -0.15) is 9.40 Å². The number of rotatable bonds is 4. The molecule has 1 aliphatic heterocycles. The standard InChI is InChI=1S/C14H18BrN5O3S/c1-8-5-19(24(2,22)23)7-11(8)18-13-10(14(16)21)4-17-20-6-9(15)3-12(13)20/h3-4,6,8,11,18H,5,7H2,1-2H3,(H2,16,21)/t8-,11+/m0/s1. The molecule has 2 aromatic rings. The number of hydrogen-bond donors (Lipinski definition) is 2. The molecule has 3 heterocycles. The van der Waals surface area contributed by atoms with E-state index in [4.69, 9.17) is 5.73 Å². The third-order valence-electron chi connectivity index (χ3n) is 4.25. The van der Waals surface area contributed by atoms with E-state index in [1.165, 1.54) is 16.8 Å². The molecule has 24 heavy (non-hydrogen) atoms. The van der Waals surface area contributed by atoms with Crippen molar-refractivity contribution in [2.75, 3.05) is 24.7 Å². The minimum atomic E-state index is -3.25. The SMILES string of the molecule is C[C@H]1CN(S(C)(=O)=O)C[C@H]1Nc1c(C(N)=O)cnn2cc(Br)cc12. The molecule has 1 fully saturated rings. The average molecular weight is 416 g/mol. The van der Waals surface area contributed by atoms with Crippen LogP contribution in [0, 0.1) is 5.92 Å². The van der Waals surface area contributed by atoms with E-state index < -0.39 is 15.9 Å². The molecule has 0 spiro atoms. The molecule has 1 aliphatic rings. The van der Waals surface area contributed by atoms with Crippen LogP contribution in [0.1, 0.15) is 17.3 Å². The Morgan fingerprint density at radius 1 is 1.46 bits per heavy atom. The van der Waals surface area contributed by atoms with Crippen LogP contribution in [0.5, 0.6) is 0 Å². The number of carbonyl (C=O) groups excluding carboxylic acids is 1. The summed E-state index contributed by atoms with van der Waals surface area (Å²) in [6.45, 7) is 2.75. The van der Waals surface area contributed by atoms with Gasteiger partial charge in [-0.05, 0) is 27.9 Å². The Labute approximate surface area is 148 Å². The van der Waals surface area contributed by atoms with E-state index in [0.29, 0.717) is 24.3 Å². The van der Waals surface area contributed by atoms with Crippen molar-refractivity contribution in [2.45, 2.75) is 13.0 Å². The van der Waals surface area contributed by atoms with Gasteiger partial charge in [0.2, 0.25) is 10.0 Å². The zero-order valence-corrected chi connectivity index (χ0v) is 15.6. The summed E-state index contributed by atoms with van der Waals surface area (Å²) in [5.74, 6) is -0.498. The number of primary amides is 1. The zero-order valence-electron chi connectivity index (χ0n) is 13.2. The molecule has 0 radical (unpaired) electrons. The van der Waals surface area contributed by atoms with Crippen LogP contribution in [0.25, 0.3) is 5.52 Å².